The highest BCUT2D eigenvalue weighted by atomic mass is 79.9. The minimum absolute atomic E-state index is 0.0901. The third kappa shape index (κ3) is 3.72. The van der Waals surface area contributed by atoms with Gasteiger partial charge < -0.3 is 15.2 Å². The molecule has 0 saturated heterocycles. The van der Waals surface area contributed by atoms with Gasteiger partial charge in [0.05, 0.1) is 10.9 Å². The van der Waals surface area contributed by atoms with Crippen LogP contribution in [0.3, 0.4) is 0 Å². The Labute approximate surface area is 125 Å². The van der Waals surface area contributed by atoms with Gasteiger partial charge in [0.15, 0.2) is 0 Å². The highest BCUT2D eigenvalue weighted by molar-refractivity contribution is 9.11. The monoisotopic (exact) mass is 341 g/mol. The van der Waals surface area contributed by atoms with Crippen LogP contribution in [0.1, 0.15) is 17.9 Å². The number of nitrogens with two attached hydrogens (primary N) is 1. The molecule has 3 nitrogen and oxygen atoms in total. The van der Waals surface area contributed by atoms with E-state index in [0.29, 0.717) is 0 Å². The lowest BCUT2D eigenvalue weighted by Gasteiger charge is -2.21. The number of hydrogen-bond donors (Lipinski definition) is 1. The quantitative estimate of drug-likeness (QED) is 0.894. The van der Waals surface area contributed by atoms with E-state index < -0.39 is 0 Å². The molecule has 0 radical (unpaired) electrons. The minimum Gasteiger partial charge on any atom is -0.497 e. The third-order valence-corrected chi connectivity index (χ3v) is 4.36. The molecule has 2 atom stereocenters. The first-order chi connectivity index (χ1) is 9.10. The van der Waals surface area contributed by atoms with Crippen molar-refractivity contribution in [3.05, 3.63) is 45.1 Å². The molecular formula is C14H16BrNO2S. The second kappa shape index (κ2) is 6.41. The van der Waals surface area contributed by atoms with Gasteiger partial charge in [0.1, 0.15) is 17.6 Å². The summed E-state index contributed by atoms with van der Waals surface area (Å²) in [6, 6.07) is 11.5. The Balaban J connectivity index is 2.16. The van der Waals surface area contributed by atoms with Gasteiger partial charge in [-0.05, 0) is 59.3 Å². The van der Waals surface area contributed by atoms with Crippen LogP contribution in [0.2, 0.25) is 0 Å². The van der Waals surface area contributed by atoms with Crippen molar-refractivity contribution in [3.63, 3.8) is 0 Å². The molecule has 0 aliphatic rings. The molecular weight excluding hydrogens is 326 g/mol. The van der Waals surface area contributed by atoms with Gasteiger partial charge >= 0.3 is 0 Å². The number of benzene rings is 1. The molecule has 0 aliphatic carbocycles. The van der Waals surface area contributed by atoms with Crippen LogP contribution in [0.15, 0.2) is 40.2 Å². The summed E-state index contributed by atoms with van der Waals surface area (Å²) < 4.78 is 12.2. The second-order valence-electron chi connectivity index (χ2n) is 4.21. The zero-order valence-corrected chi connectivity index (χ0v) is 13.2. The molecule has 2 rings (SSSR count). The first-order valence-corrected chi connectivity index (χ1v) is 7.52. The van der Waals surface area contributed by atoms with Crippen molar-refractivity contribution in [2.45, 2.75) is 19.1 Å². The zero-order valence-electron chi connectivity index (χ0n) is 10.8. The summed E-state index contributed by atoms with van der Waals surface area (Å²) in [5.41, 5.74) is 6.02. The number of thiophene rings is 1. The predicted octanol–water partition coefficient (Wildman–Crippen LogP) is 3.99. The van der Waals surface area contributed by atoms with Crippen molar-refractivity contribution in [3.8, 4) is 11.5 Å². The number of methoxy groups -OCH3 is 1. The summed E-state index contributed by atoms with van der Waals surface area (Å²) in [6.07, 6.45) is -0.148. The molecule has 19 heavy (non-hydrogen) atoms. The lowest BCUT2D eigenvalue weighted by atomic mass is 10.1. The lowest BCUT2D eigenvalue weighted by molar-refractivity contribution is 0.184. The molecule has 102 valence electrons. The molecule has 2 unspecified atom stereocenters. The molecule has 1 aromatic carbocycles. The van der Waals surface area contributed by atoms with E-state index in [4.69, 9.17) is 15.2 Å². The average molecular weight is 342 g/mol. The van der Waals surface area contributed by atoms with Crippen LogP contribution in [0.4, 0.5) is 0 Å². The Morgan fingerprint density at radius 1 is 1.11 bits per heavy atom. The maximum Gasteiger partial charge on any atom is 0.148 e. The van der Waals surface area contributed by atoms with Crippen molar-refractivity contribution >= 4 is 27.3 Å². The van der Waals surface area contributed by atoms with E-state index in [1.165, 1.54) is 0 Å². The summed E-state index contributed by atoms with van der Waals surface area (Å²) in [7, 11) is 1.64. The van der Waals surface area contributed by atoms with E-state index >= 15 is 0 Å². The van der Waals surface area contributed by atoms with Gasteiger partial charge in [0.2, 0.25) is 0 Å². The normalized spacial score (nSPS) is 13.9. The number of hydrogen-bond acceptors (Lipinski definition) is 4. The first kappa shape index (κ1) is 14.4. The summed E-state index contributed by atoms with van der Waals surface area (Å²) in [4.78, 5) is 1.11. The van der Waals surface area contributed by atoms with Crippen LogP contribution in [0, 0.1) is 0 Å². The molecule has 0 aliphatic heterocycles. The summed E-state index contributed by atoms with van der Waals surface area (Å²) in [5.74, 6) is 1.59. The highest BCUT2D eigenvalue weighted by Crippen LogP contribution is 2.32. The molecule has 0 fully saturated rings. The number of rotatable bonds is 5. The fourth-order valence-electron chi connectivity index (χ4n) is 1.71. The maximum atomic E-state index is 6.02. The number of halogens is 1. The Hall–Kier alpha value is -1.04. The molecule has 1 aromatic heterocycles. The molecule has 1 heterocycles. The fourth-order valence-corrected chi connectivity index (χ4v) is 3.28. The molecule has 0 saturated carbocycles. The lowest BCUT2D eigenvalue weighted by Crippen LogP contribution is -2.28. The van der Waals surface area contributed by atoms with Crippen molar-refractivity contribution in [2.24, 2.45) is 5.73 Å². The van der Waals surface area contributed by atoms with Crippen LogP contribution in [-0.2, 0) is 0 Å². The van der Waals surface area contributed by atoms with Crippen LogP contribution in [-0.4, -0.2) is 13.2 Å². The highest BCUT2D eigenvalue weighted by Gasteiger charge is 2.20. The molecule has 0 spiro atoms. The van der Waals surface area contributed by atoms with Gasteiger partial charge in [-0.25, -0.2) is 0 Å². The Bertz CT molecular complexity index is 524. The summed E-state index contributed by atoms with van der Waals surface area (Å²) in [6.45, 7) is 1.95. The van der Waals surface area contributed by atoms with Crippen LogP contribution < -0.4 is 15.2 Å². The first-order valence-electron chi connectivity index (χ1n) is 5.91. The van der Waals surface area contributed by atoms with Crippen LogP contribution in [0.25, 0.3) is 0 Å². The van der Waals surface area contributed by atoms with E-state index in [1.54, 1.807) is 18.4 Å². The Morgan fingerprint density at radius 2 is 1.74 bits per heavy atom. The van der Waals surface area contributed by atoms with Crippen molar-refractivity contribution in [1.82, 2.24) is 0 Å². The van der Waals surface area contributed by atoms with E-state index in [2.05, 4.69) is 15.9 Å². The molecule has 2 N–H and O–H groups in total. The van der Waals surface area contributed by atoms with Gasteiger partial charge in [-0.3, -0.25) is 0 Å². The maximum absolute atomic E-state index is 6.02. The van der Waals surface area contributed by atoms with Gasteiger partial charge in [-0.15, -0.1) is 11.3 Å². The predicted molar refractivity (Wildman–Crippen MR) is 82.0 cm³/mol. The van der Waals surface area contributed by atoms with E-state index in [1.807, 2.05) is 43.3 Å². The Morgan fingerprint density at radius 3 is 2.21 bits per heavy atom. The largest absolute Gasteiger partial charge is 0.497 e. The fraction of sp³-hybridized carbons (Fsp3) is 0.286. The van der Waals surface area contributed by atoms with Gasteiger partial charge in [0.25, 0.3) is 0 Å². The van der Waals surface area contributed by atoms with E-state index in [-0.39, 0.29) is 12.1 Å². The molecule has 5 heteroatoms. The van der Waals surface area contributed by atoms with Crippen molar-refractivity contribution < 1.29 is 9.47 Å². The standard InChI is InChI=1S/C14H16BrNO2S/c1-9(16)14(12-7-8-13(15)19-12)18-11-5-3-10(17-2)4-6-11/h3-9,14H,16H2,1-2H3. The summed E-state index contributed by atoms with van der Waals surface area (Å²) >= 11 is 5.10. The van der Waals surface area contributed by atoms with Crippen LogP contribution >= 0.6 is 27.3 Å². The van der Waals surface area contributed by atoms with Gasteiger partial charge in [-0.1, -0.05) is 0 Å². The topological polar surface area (TPSA) is 44.5 Å². The zero-order chi connectivity index (χ0) is 13.8. The van der Waals surface area contributed by atoms with Gasteiger partial charge in [0, 0.05) is 10.9 Å². The minimum atomic E-state index is -0.148. The third-order valence-electron chi connectivity index (χ3n) is 2.67. The van der Waals surface area contributed by atoms with E-state index in [9.17, 15) is 0 Å². The van der Waals surface area contributed by atoms with E-state index in [0.717, 1.165) is 20.2 Å². The second-order valence-corrected chi connectivity index (χ2v) is 6.71. The van der Waals surface area contributed by atoms with Crippen molar-refractivity contribution in [1.29, 1.82) is 0 Å². The Kier molecular flexibility index (Phi) is 4.85. The molecule has 2 aromatic rings. The van der Waals surface area contributed by atoms with Crippen molar-refractivity contribution in [2.75, 3.05) is 7.11 Å². The number of ether oxygens (including phenoxy) is 2. The summed E-state index contributed by atoms with van der Waals surface area (Å²) in [5, 5.41) is 0. The molecule has 0 bridgehead atoms. The average Bonchev–Trinajstić information content (AvgIpc) is 2.82. The SMILES string of the molecule is COc1ccc(OC(c2ccc(Br)s2)C(C)N)cc1. The van der Waals surface area contributed by atoms with Gasteiger partial charge in [-0.2, -0.15) is 0 Å². The smallest absolute Gasteiger partial charge is 0.148 e. The van der Waals surface area contributed by atoms with Crippen LogP contribution in [0.5, 0.6) is 11.5 Å². The molecule has 0 amide bonds.